The van der Waals surface area contributed by atoms with Crippen LogP contribution in [0.2, 0.25) is 0 Å². The maximum absolute atomic E-state index is 13.2. The molecule has 1 amide bonds. The summed E-state index contributed by atoms with van der Waals surface area (Å²) >= 11 is 0. The lowest BCUT2D eigenvalue weighted by atomic mass is 10.1. The summed E-state index contributed by atoms with van der Waals surface area (Å²) in [6.07, 6.45) is 1.30. The number of aromatic nitrogens is 2. The van der Waals surface area contributed by atoms with Gasteiger partial charge in [-0.3, -0.25) is 14.2 Å². The number of rotatable bonds is 4. The summed E-state index contributed by atoms with van der Waals surface area (Å²) in [5.41, 5.74) is 1.10. The number of nitrogens with one attached hydrogen (secondary N) is 1. The number of amides is 1. The molecule has 3 aromatic rings. The topological polar surface area (TPSA) is 82.5 Å². The van der Waals surface area contributed by atoms with Crippen molar-refractivity contribution in [3.63, 3.8) is 0 Å². The molecule has 0 spiro atoms. The van der Waals surface area contributed by atoms with E-state index < -0.39 is 11.7 Å². The van der Waals surface area contributed by atoms with E-state index in [9.17, 15) is 14.0 Å². The van der Waals surface area contributed by atoms with E-state index in [2.05, 4.69) is 10.3 Å². The number of nitrogens with zero attached hydrogens (tertiary/aromatic N) is 2. The number of hydrogen-bond donors (Lipinski definition) is 1. The van der Waals surface area contributed by atoms with Gasteiger partial charge < -0.3 is 14.8 Å². The average Bonchev–Trinajstić information content (AvgIpc) is 3.11. The minimum Gasteiger partial charge on any atom is -0.454 e. The predicted octanol–water partition coefficient (Wildman–Crippen LogP) is 2.42. The van der Waals surface area contributed by atoms with Gasteiger partial charge in [0.15, 0.2) is 11.5 Å². The molecular weight excluding hydrogens is 353 g/mol. The Morgan fingerprint density at radius 1 is 1.15 bits per heavy atom. The molecule has 8 heteroatoms. The first kappa shape index (κ1) is 16.8. The summed E-state index contributed by atoms with van der Waals surface area (Å²) < 4.78 is 24.9. The van der Waals surface area contributed by atoms with Crippen molar-refractivity contribution in [2.45, 2.75) is 6.54 Å². The Morgan fingerprint density at radius 2 is 2.00 bits per heavy atom. The van der Waals surface area contributed by atoms with Gasteiger partial charge in [0.2, 0.25) is 12.7 Å². The zero-order chi connectivity index (χ0) is 18.8. The monoisotopic (exact) mass is 367 g/mol. The van der Waals surface area contributed by atoms with Gasteiger partial charge in [0.25, 0.3) is 5.56 Å². The van der Waals surface area contributed by atoms with Crippen LogP contribution in [0.5, 0.6) is 11.5 Å². The zero-order valence-electron chi connectivity index (χ0n) is 14.0. The third-order valence-corrected chi connectivity index (χ3v) is 3.97. The van der Waals surface area contributed by atoms with E-state index in [1.54, 1.807) is 24.3 Å². The van der Waals surface area contributed by atoms with Crippen molar-refractivity contribution in [3.05, 3.63) is 71.0 Å². The van der Waals surface area contributed by atoms with Gasteiger partial charge in [0, 0.05) is 17.3 Å². The largest absolute Gasteiger partial charge is 0.454 e. The van der Waals surface area contributed by atoms with Crippen LogP contribution in [0.15, 0.2) is 59.7 Å². The number of benzene rings is 2. The molecule has 1 N–H and O–H groups in total. The number of fused-ring (bicyclic) bond motifs is 1. The van der Waals surface area contributed by atoms with E-state index in [1.807, 2.05) is 0 Å². The summed E-state index contributed by atoms with van der Waals surface area (Å²) in [5.74, 6) is 0.314. The number of carbonyl (C=O) groups is 1. The molecule has 2 aromatic carbocycles. The second-order valence-electron chi connectivity index (χ2n) is 5.87. The van der Waals surface area contributed by atoms with Crippen LogP contribution in [0.25, 0.3) is 11.3 Å². The van der Waals surface area contributed by atoms with Gasteiger partial charge in [0.1, 0.15) is 12.4 Å². The van der Waals surface area contributed by atoms with E-state index >= 15 is 0 Å². The van der Waals surface area contributed by atoms with E-state index in [0.29, 0.717) is 28.4 Å². The van der Waals surface area contributed by atoms with Crippen LogP contribution in [-0.2, 0) is 11.3 Å². The molecule has 2 heterocycles. The Kier molecular flexibility index (Phi) is 4.29. The number of halogens is 1. The van der Waals surface area contributed by atoms with E-state index in [0.717, 1.165) is 0 Å². The highest BCUT2D eigenvalue weighted by Crippen LogP contribution is 2.35. The minimum atomic E-state index is -0.459. The highest BCUT2D eigenvalue weighted by Gasteiger charge is 2.15. The molecule has 0 saturated carbocycles. The van der Waals surface area contributed by atoms with Crippen LogP contribution < -0.4 is 20.3 Å². The molecule has 0 unspecified atom stereocenters. The molecule has 0 atom stereocenters. The molecule has 1 aromatic heterocycles. The van der Waals surface area contributed by atoms with Gasteiger partial charge in [0.05, 0.1) is 12.0 Å². The van der Waals surface area contributed by atoms with Crippen molar-refractivity contribution < 1.29 is 18.7 Å². The predicted molar refractivity (Wildman–Crippen MR) is 95.1 cm³/mol. The summed E-state index contributed by atoms with van der Waals surface area (Å²) in [7, 11) is 0. The molecule has 0 fully saturated rings. The molecule has 0 radical (unpaired) electrons. The summed E-state index contributed by atoms with van der Waals surface area (Å²) in [5, 5.41) is 2.54. The van der Waals surface area contributed by atoms with Crippen LogP contribution in [-0.4, -0.2) is 22.3 Å². The number of anilines is 1. The third kappa shape index (κ3) is 3.64. The average molecular weight is 367 g/mol. The molecule has 27 heavy (non-hydrogen) atoms. The quantitative estimate of drug-likeness (QED) is 0.766. The SMILES string of the molecule is O=C(Cn1cnc(-c2ccc3c(c2)OCO3)cc1=O)Nc1cccc(F)c1. The highest BCUT2D eigenvalue weighted by molar-refractivity contribution is 5.90. The van der Waals surface area contributed by atoms with Crippen molar-refractivity contribution >= 4 is 11.6 Å². The molecule has 1 aliphatic heterocycles. The van der Waals surface area contributed by atoms with Gasteiger partial charge in [-0.1, -0.05) is 6.07 Å². The number of hydrogen-bond acceptors (Lipinski definition) is 5. The van der Waals surface area contributed by atoms with Crippen molar-refractivity contribution in [2.24, 2.45) is 0 Å². The Labute approximate surface area is 153 Å². The Balaban J connectivity index is 1.50. The zero-order valence-corrected chi connectivity index (χ0v) is 14.0. The molecule has 0 aliphatic carbocycles. The Morgan fingerprint density at radius 3 is 2.81 bits per heavy atom. The smallest absolute Gasteiger partial charge is 0.254 e. The van der Waals surface area contributed by atoms with Gasteiger partial charge in [-0.05, 0) is 36.4 Å². The van der Waals surface area contributed by atoms with Crippen molar-refractivity contribution in [1.82, 2.24) is 9.55 Å². The Hall–Kier alpha value is -3.68. The van der Waals surface area contributed by atoms with Gasteiger partial charge in [-0.25, -0.2) is 9.37 Å². The highest BCUT2D eigenvalue weighted by atomic mass is 19.1. The van der Waals surface area contributed by atoms with Crippen LogP contribution in [0.3, 0.4) is 0 Å². The lowest BCUT2D eigenvalue weighted by molar-refractivity contribution is -0.116. The molecule has 136 valence electrons. The lowest BCUT2D eigenvalue weighted by Gasteiger charge is -2.08. The fourth-order valence-electron chi connectivity index (χ4n) is 2.68. The molecule has 4 rings (SSSR count). The molecular formula is C19H14FN3O4. The van der Waals surface area contributed by atoms with Crippen LogP contribution in [0, 0.1) is 5.82 Å². The third-order valence-electron chi connectivity index (χ3n) is 3.97. The van der Waals surface area contributed by atoms with Crippen molar-refractivity contribution in [1.29, 1.82) is 0 Å². The van der Waals surface area contributed by atoms with Gasteiger partial charge in [-0.15, -0.1) is 0 Å². The minimum absolute atomic E-state index is 0.161. The normalized spacial score (nSPS) is 12.0. The number of carbonyl (C=O) groups excluding carboxylic acids is 1. The first-order chi connectivity index (χ1) is 13.1. The van der Waals surface area contributed by atoms with E-state index in [-0.39, 0.29) is 18.9 Å². The van der Waals surface area contributed by atoms with Crippen LogP contribution >= 0.6 is 0 Å². The fourth-order valence-corrected chi connectivity index (χ4v) is 2.68. The number of ether oxygens (including phenoxy) is 2. The van der Waals surface area contributed by atoms with E-state index in [4.69, 9.17) is 9.47 Å². The van der Waals surface area contributed by atoms with Crippen molar-refractivity contribution in [3.8, 4) is 22.8 Å². The summed E-state index contributed by atoms with van der Waals surface area (Å²) in [6.45, 7) is -0.0714. The second kappa shape index (κ2) is 6.91. The molecule has 1 aliphatic rings. The van der Waals surface area contributed by atoms with Crippen LogP contribution in [0.4, 0.5) is 10.1 Å². The second-order valence-corrected chi connectivity index (χ2v) is 5.87. The molecule has 0 bridgehead atoms. The van der Waals surface area contributed by atoms with Crippen molar-refractivity contribution in [2.75, 3.05) is 12.1 Å². The van der Waals surface area contributed by atoms with E-state index in [1.165, 1.54) is 35.2 Å². The lowest BCUT2D eigenvalue weighted by Crippen LogP contribution is -2.27. The first-order valence-electron chi connectivity index (χ1n) is 8.10. The maximum Gasteiger partial charge on any atom is 0.254 e. The fraction of sp³-hybridized carbons (Fsp3) is 0.105. The molecule has 0 saturated heterocycles. The Bertz CT molecular complexity index is 1080. The maximum atomic E-state index is 13.2. The van der Waals surface area contributed by atoms with Gasteiger partial charge in [-0.2, -0.15) is 0 Å². The molecule has 7 nitrogen and oxygen atoms in total. The first-order valence-corrected chi connectivity index (χ1v) is 8.10. The van der Waals surface area contributed by atoms with Crippen LogP contribution in [0.1, 0.15) is 0 Å². The standard InChI is InChI=1S/C19H14FN3O4/c20-13-2-1-3-14(7-13)22-18(24)9-23-10-21-15(8-19(23)25)12-4-5-16-17(6-12)27-11-26-16/h1-8,10H,9,11H2,(H,22,24). The van der Waals surface area contributed by atoms with Gasteiger partial charge >= 0.3 is 0 Å². The summed E-state index contributed by atoms with van der Waals surface area (Å²) in [4.78, 5) is 28.6. The summed E-state index contributed by atoms with van der Waals surface area (Å²) in [6, 6.07) is 12.1.